The third kappa shape index (κ3) is 13.3. The second-order valence-electron chi connectivity index (χ2n) is 13.7. The van der Waals surface area contributed by atoms with Crippen LogP contribution in [-0.4, -0.2) is 25.2 Å². The first-order valence-electron chi connectivity index (χ1n) is 18.8. The maximum atomic E-state index is 11.2. The standard InChI is InChI=1S/C16H16S2.2C8H8OS.C8H10S.Ce.HO8S2/c1-3-11-7-9-17-15(11)13(5-1)14-6-2-4-12-8-10-18-16(12)14;9-7-2-1-3-8-6(7)4-5-10-8;9-7-3-1-2-6-4-5-10-8(6)7;1-2-4-8-7(3-1)5-6-9-8;;1-6-10(4,5)8-7-9(2)3/h7-10H,1-6H2;2*4-5H,1-3H2;5-6H,1-4H2;;1H/q;;;;;-1/b14-13+;;;;;. The summed E-state index contributed by atoms with van der Waals surface area (Å²) in [6, 6.07) is 11.0. The molecule has 0 bridgehead atoms. The molecular weight excluding hydrogens is 1010 g/mol. The quantitative estimate of drug-likeness (QED) is 0.105. The zero-order valence-corrected chi connectivity index (χ0v) is 40.4. The smallest absolute Gasteiger partial charge is 0.394 e. The monoisotopic (exact) mass is 1050 g/mol. The number of ketones is 2. The Morgan fingerprint density at radius 2 is 0.966 bits per heavy atom. The van der Waals surface area contributed by atoms with Crippen molar-refractivity contribution in [1.29, 1.82) is 0 Å². The van der Waals surface area contributed by atoms with Crippen LogP contribution >= 0.6 is 56.7 Å². The first-order chi connectivity index (χ1) is 27.6. The summed E-state index contributed by atoms with van der Waals surface area (Å²) in [6.45, 7) is 0. The van der Waals surface area contributed by atoms with Gasteiger partial charge in [0.2, 0.25) is 0 Å². The third-order valence-corrected chi connectivity index (χ3v) is 15.8. The van der Waals surface area contributed by atoms with Crippen LogP contribution in [0.4, 0.5) is 0 Å². The Kier molecular flexibility index (Phi) is 19.6. The van der Waals surface area contributed by atoms with E-state index in [4.69, 9.17) is 5.26 Å². The Labute approximate surface area is 395 Å². The molecule has 0 aliphatic heterocycles. The maximum Gasteiger partial charge on any atom is 0.451 e. The van der Waals surface area contributed by atoms with E-state index in [-0.39, 0.29) is 41.7 Å². The normalized spacial score (nSPS) is 17.7. The molecule has 0 amide bonds. The van der Waals surface area contributed by atoms with Crippen molar-refractivity contribution in [2.75, 3.05) is 0 Å². The minimum Gasteiger partial charge on any atom is -0.394 e. The number of rotatable bonds is 4. The summed E-state index contributed by atoms with van der Waals surface area (Å²) >= 11 is 9.12. The number of aryl methyl sites for hydroxylation is 6. The largest absolute Gasteiger partial charge is 0.451 e. The van der Waals surface area contributed by atoms with Gasteiger partial charge in [-0.3, -0.25) is 13.9 Å². The van der Waals surface area contributed by atoms with E-state index in [0.717, 1.165) is 49.0 Å². The molecule has 10 rings (SSSR count). The van der Waals surface area contributed by atoms with Gasteiger partial charge >= 0.3 is 10.4 Å². The Balaban J connectivity index is 0.000000142. The summed E-state index contributed by atoms with van der Waals surface area (Å²) in [7, 11) is -7.93. The molecule has 58 heavy (non-hydrogen) atoms. The number of hydrogen-bond acceptors (Lipinski definition) is 16. The van der Waals surface area contributed by atoms with E-state index in [9.17, 15) is 26.4 Å². The SMILES string of the molecule is O=C1CCCc2ccsc21.O=C1CCCc2sccc21.O=[S-](=O)OOS(=O)(=O)OO.[Ce].c1cc2c(s1)/C(=C1\CCCc3ccsc31)CCC2.c1cc2c(s1)CCCC2. The molecular formula is C40H43CeO10S7-. The molecule has 310 valence electrons. The number of carbonyl (C=O) groups excluding carboxylic acids is 2. The van der Waals surface area contributed by atoms with Crippen LogP contribution in [0.3, 0.4) is 0 Å². The molecule has 5 aromatic heterocycles. The minimum atomic E-state index is -4.77. The minimum absolute atomic E-state index is 0. The van der Waals surface area contributed by atoms with Crippen molar-refractivity contribution in [3.63, 3.8) is 0 Å². The van der Waals surface area contributed by atoms with Crippen LogP contribution in [0.15, 0.2) is 57.2 Å². The van der Waals surface area contributed by atoms with Crippen molar-refractivity contribution in [2.45, 2.75) is 103 Å². The predicted octanol–water partition coefficient (Wildman–Crippen LogP) is 11.4. The zero-order valence-electron chi connectivity index (χ0n) is 31.6. The number of fused-ring (bicyclic) bond motifs is 5. The molecule has 18 heteroatoms. The third-order valence-electron chi connectivity index (χ3n) is 10.1. The fourth-order valence-electron chi connectivity index (χ4n) is 7.45. The van der Waals surface area contributed by atoms with Gasteiger partial charge in [-0.1, -0.05) is 8.67 Å². The molecule has 0 radical (unpaired) electrons. The van der Waals surface area contributed by atoms with Crippen molar-refractivity contribution in [3.8, 4) is 0 Å². The Hall–Kier alpha value is -1.30. The molecule has 0 fully saturated rings. The van der Waals surface area contributed by atoms with Gasteiger partial charge in [-0.25, -0.2) is 5.26 Å². The molecule has 0 aromatic carbocycles. The van der Waals surface area contributed by atoms with Gasteiger partial charge in [-0.15, -0.1) is 56.7 Å². The van der Waals surface area contributed by atoms with Gasteiger partial charge in [-0.2, -0.15) is 8.42 Å². The average Bonchev–Trinajstić information content (AvgIpc) is 4.08. The van der Waals surface area contributed by atoms with Crippen LogP contribution < -0.4 is 0 Å². The number of hydrogen-bond donors (Lipinski definition) is 1. The van der Waals surface area contributed by atoms with Gasteiger partial charge in [0.05, 0.1) is 15.9 Å². The van der Waals surface area contributed by atoms with Gasteiger partial charge in [0.25, 0.3) is 0 Å². The van der Waals surface area contributed by atoms with E-state index in [1.165, 1.54) is 74.6 Å². The maximum absolute atomic E-state index is 11.2. The fraction of sp³-hybridized carbons (Fsp3) is 0.400. The van der Waals surface area contributed by atoms with Gasteiger partial charge in [-0.05, 0) is 181 Å². The molecule has 5 aromatic rings. The molecule has 0 atom stereocenters. The number of Topliss-reactive ketones (excluding diaryl/α,β-unsaturated/α-hetero) is 2. The van der Waals surface area contributed by atoms with Crippen molar-refractivity contribution in [1.82, 2.24) is 0 Å². The van der Waals surface area contributed by atoms with Gasteiger partial charge in [0.15, 0.2) is 11.6 Å². The van der Waals surface area contributed by atoms with Crippen molar-refractivity contribution in [2.24, 2.45) is 0 Å². The van der Waals surface area contributed by atoms with Gasteiger partial charge in [0.1, 0.15) is 0 Å². The summed E-state index contributed by atoms with van der Waals surface area (Å²) in [5.74, 6) is 0.679. The summed E-state index contributed by atoms with van der Waals surface area (Å²) in [6.07, 6.45) is 19.1. The Bertz CT molecular complexity index is 2200. The van der Waals surface area contributed by atoms with Crippen LogP contribution in [0, 0.1) is 41.7 Å². The zero-order chi connectivity index (χ0) is 40.2. The topological polar surface area (TPSA) is 150 Å². The van der Waals surface area contributed by atoms with E-state index in [0.29, 0.717) is 11.6 Å². The molecule has 1 N–H and O–H groups in total. The van der Waals surface area contributed by atoms with E-state index in [1.54, 1.807) is 65.1 Å². The van der Waals surface area contributed by atoms with E-state index < -0.39 is 21.4 Å². The molecule has 5 aliphatic rings. The van der Waals surface area contributed by atoms with Crippen molar-refractivity contribution >= 4 is 101 Å². The number of carbonyl (C=O) groups is 2. The number of thiophene rings is 5. The first-order valence-corrected chi connectivity index (χ1v) is 25.5. The Morgan fingerprint density at radius 3 is 1.53 bits per heavy atom. The molecule has 5 aliphatic carbocycles. The van der Waals surface area contributed by atoms with Crippen molar-refractivity contribution in [3.05, 3.63) is 109 Å². The molecule has 0 spiro atoms. The second kappa shape index (κ2) is 23.8. The number of allylic oxidation sites excluding steroid dienone is 2. The molecule has 0 unspecified atom stereocenters. The fourth-order valence-corrected chi connectivity index (χ4v) is 12.9. The van der Waals surface area contributed by atoms with Gasteiger partial charge in [0, 0.05) is 79.7 Å². The second-order valence-corrected chi connectivity index (χ2v) is 20.1. The summed E-state index contributed by atoms with van der Waals surface area (Å²) in [5, 5.41) is 18.2. The van der Waals surface area contributed by atoms with Crippen LogP contribution in [0.1, 0.15) is 126 Å². The molecule has 0 saturated heterocycles. The first kappa shape index (κ1) is 47.7. The van der Waals surface area contributed by atoms with Gasteiger partial charge < -0.3 is 8.42 Å². The van der Waals surface area contributed by atoms with E-state index >= 15 is 0 Å². The van der Waals surface area contributed by atoms with Crippen LogP contribution in [0.2, 0.25) is 0 Å². The Morgan fingerprint density at radius 1 is 0.517 bits per heavy atom. The van der Waals surface area contributed by atoms with Crippen molar-refractivity contribution < 1.29 is 86.4 Å². The molecule has 0 saturated carbocycles. The van der Waals surface area contributed by atoms with Crippen LogP contribution in [-0.2, 0) is 81.3 Å². The predicted molar refractivity (Wildman–Crippen MR) is 229 cm³/mol. The summed E-state index contributed by atoms with van der Waals surface area (Å²) < 4.78 is 47.2. The van der Waals surface area contributed by atoms with E-state index in [1.807, 2.05) is 50.8 Å². The molecule has 5 heterocycles. The summed E-state index contributed by atoms with van der Waals surface area (Å²) in [5.41, 5.74) is 10.4. The van der Waals surface area contributed by atoms with E-state index in [2.05, 4.69) is 53.4 Å². The van der Waals surface area contributed by atoms with Crippen LogP contribution in [0.25, 0.3) is 11.1 Å². The molecule has 10 nitrogen and oxygen atoms in total. The summed E-state index contributed by atoms with van der Waals surface area (Å²) in [4.78, 5) is 29.4. The average molecular weight is 1050 g/mol. The van der Waals surface area contributed by atoms with Crippen LogP contribution in [0.5, 0.6) is 0 Å².